The third-order valence-corrected chi connectivity index (χ3v) is 13.7. The summed E-state index contributed by atoms with van der Waals surface area (Å²) in [5, 5.41) is 2.15. The minimum atomic E-state index is -2.22. The first kappa shape index (κ1) is 48.8. The van der Waals surface area contributed by atoms with Crippen LogP contribution in [0, 0.1) is 24.8 Å². The Hall–Kier alpha value is -6.46. The average molecular weight is 1150 g/mol. The van der Waals surface area contributed by atoms with Crippen LogP contribution >= 0.6 is 0 Å². The molecule has 3 heterocycles. The molecule has 0 saturated carbocycles. The number of rotatable bonds is 7. The minimum Gasteiger partial charge on any atom is -0.501 e. The summed E-state index contributed by atoms with van der Waals surface area (Å²) >= 11 is 0. The van der Waals surface area contributed by atoms with E-state index in [1.54, 1.807) is 12.1 Å². The van der Waals surface area contributed by atoms with E-state index in [2.05, 4.69) is 179 Å². The van der Waals surface area contributed by atoms with E-state index in [9.17, 15) is 4.39 Å². The number of hydrogen-bond donors (Lipinski definition) is 0. The molecule has 0 atom stereocenters. The normalized spacial score (nSPS) is 13.0. The fourth-order valence-electron chi connectivity index (χ4n) is 9.71. The summed E-state index contributed by atoms with van der Waals surface area (Å²) in [5.41, 5.74) is 16.7. The van der Waals surface area contributed by atoms with Gasteiger partial charge in [0, 0.05) is 47.3 Å². The first-order chi connectivity index (χ1) is 35.3. The molecule has 0 unspecified atom stereocenters. The Morgan fingerprint density at radius 2 is 1.26 bits per heavy atom. The SMILES string of the molecule is CC(C)c1cc(-c2ccc(C(C)(C)C)cc2)cc(C(C)C)c1-n1c(-c2[c-]ccc3c2oc2cc(-c4ccccc4)ccc23)nc2ccccc21.[2H]C([2H])([2H])c1cnc(-c2[c-]cc(F)c(C(C)(C)C)c2)cc1C(C)(C)C.[Ir]. The maximum Gasteiger partial charge on any atom is 0.121 e. The number of aromatic nitrogens is 3. The number of hydrogen-bond acceptors (Lipinski definition) is 3. The van der Waals surface area contributed by atoms with Crippen LogP contribution in [0.4, 0.5) is 4.39 Å². The van der Waals surface area contributed by atoms with Crippen molar-refractivity contribution in [1.29, 1.82) is 0 Å². The standard InChI is InChI=1S/C47H43N2O.C20H25FN.Ir/c1-29(2)39-26-34(32-20-23-35(24-21-32)47(5,6)7)27-40(30(3)4)44(39)49-42-19-12-11-18-41(42)48-46(49)38-17-13-16-37-36-25-22-33(28-43(36)50-45(37)38)31-14-9-8-10-15-31;1-13-12-22-18(11-15(13)19(2,3)4)14-8-9-17(21)16(10-14)20(5,6)7;/h8-16,18-30H,1-7H3;9-12H,1-7H3;/q2*-1;/i;1D3;. The van der Waals surface area contributed by atoms with E-state index in [4.69, 9.17) is 13.5 Å². The molecular formula is C67H68FIrN3O-2. The minimum absolute atomic E-state index is 0. The molecule has 0 aliphatic carbocycles. The van der Waals surface area contributed by atoms with Crippen molar-refractivity contribution >= 4 is 33.0 Å². The molecule has 0 aliphatic rings. The van der Waals surface area contributed by atoms with Gasteiger partial charge >= 0.3 is 0 Å². The molecule has 0 amide bonds. The molecule has 375 valence electrons. The molecule has 0 saturated heterocycles. The second kappa shape index (κ2) is 20.4. The summed E-state index contributed by atoms with van der Waals surface area (Å²) < 4.78 is 46.5. The Kier molecular flexibility index (Phi) is 13.7. The summed E-state index contributed by atoms with van der Waals surface area (Å²) in [7, 11) is 0. The molecule has 6 heteroatoms. The van der Waals surface area contributed by atoms with Crippen molar-refractivity contribution in [3.8, 4) is 50.6 Å². The van der Waals surface area contributed by atoms with E-state index in [1.165, 1.54) is 51.3 Å². The van der Waals surface area contributed by atoms with Crippen molar-refractivity contribution in [3.63, 3.8) is 0 Å². The van der Waals surface area contributed by atoms with E-state index in [0.29, 0.717) is 22.4 Å². The van der Waals surface area contributed by atoms with Crippen LogP contribution in [0.15, 0.2) is 150 Å². The topological polar surface area (TPSA) is 43.9 Å². The molecule has 1 radical (unpaired) electrons. The predicted octanol–water partition coefficient (Wildman–Crippen LogP) is 18.9. The van der Waals surface area contributed by atoms with Crippen molar-refractivity contribution < 1.29 is 33.0 Å². The number of benzene rings is 7. The van der Waals surface area contributed by atoms with Crippen LogP contribution in [0.25, 0.3) is 83.6 Å². The smallest absolute Gasteiger partial charge is 0.121 e. The quantitative estimate of drug-likeness (QED) is 0.149. The molecule has 73 heavy (non-hydrogen) atoms. The number of pyridine rings is 1. The second-order valence-electron chi connectivity index (χ2n) is 22.9. The van der Waals surface area contributed by atoms with Crippen molar-refractivity contribution in [2.24, 2.45) is 0 Å². The van der Waals surface area contributed by atoms with E-state index in [1.807, 2.05) is 53.7 Å². The zero-order chi connectivity index (χ0) is 53.9. The van der Waals surface area contributed by atoms with Crippen LogP contribution in [-0.4, -0.2) is 14.5 Å². The zero-order valence-electron chi connectivity index (χ0n) is 47.5. The van der Waals surface area contributed by atoms with Crippen molar-refractivity contribution in [2.75, 3.05) is 0 Å². The number of furan rings is 1. The third kappa shape index (κ3) is 10.7. The van der Waals surface area contributed by atoms with Gasteiger partial charge < -0.3 is 14.0 Å². The van der Waals surface area contributed by atoms with Crippen molar-refractivity contribution in [2.45, 2.75) is 125 Å². The molecule has 0 fully saturated rings. The molecule has 4 nitrogen and oxygen atoms in total. The van der Waals surface area contributed by atoms with Crippen LogP contribution < -0.4 is 0 Å². The van der Waals surface area contributed by atoms with Crippen LogP contribution in [-0.2, 0) is 36.4 Å². The largest absolute Gasteiger partial charge is 0.501 e. The van der Waals surface area contributed by atoms with Gasteiger partial charge in [-0.25, -0.2) is 0 Å². The number of fused-ring (bicyclic) bond motifs is 4. The zero-order valence-corrected chi connectivity index (χ0v) is 46.9. The molecule has 10 rings (SSSR count). The summed E-state index contributed by atoms with van der Waals surface area (Å²) in [6.45, 7) is 25.5. The third-order valence-electron chi connectivity index (χ3n) is 13.7. The summed E-state index contributed by atoms with van der Waals surface area (Å²) in [6.07, 6.45) is 1.41. The van der Waals surface area contributed by atoms with Gasteiger partial charge in [0.05, 0.1) is 22.4 Å². The van der Waals surface area contributed by atoms with E-state index < -0.39 is 6.85 Å². The van der Waals surface area contributed by atoms with Gasteiger partial charge in [-0.05, 0) is 121 Å². The van der Waals surface area contributed by atoms with Gasteiger partial charge in [0.25, 0.3) is 0 Å². The summed E-state index contributed by atoms with van der Waals surface area (Å²) in [4.78, 5) is 9.66. The molecule has 0 aliphatic heterocycles. The van der Waals surface area contributed by atoms with Crippen molar-refractivity contribution in [1.82, 2.24) is 14.5 Å². The Balaban J connectivity index is 0.000000249. The molecule has 0 spiro atoms. The monoisotopic (exact) mass is 1150 g/mol. The van der Waals surface area contributed by atoms with Gasteiger partial charge in [-0.15, -0.1) is 42.0 Å². The van der Waals surface area contributed by atoms with Gasteiger partial charge in [-0.2, -0.15) is 0 Å². The van der Waals surface area contributed by atoms with Gasteiger partial charge in [0.15, 0.2) is 0 Å². The van der Waals surface area contributed by atoms with Gasteiger partial charge in [-0.1, -0.05) is 191 Å². The number of imidazole rings is 1. The maximum absolute atomic E-state index is 14.1. The van der Waals surface area contributed by atoms with Crippen LogP contribution in [0.2, 0.25) is 0 Å². The van der Waals surface area contributed by atoms with Crippen molar-refractivity contribution in [3.05, 3.63) is 197 Å². The fraction of sp³-hybridized carbons (Fsp3) is 0.284. The molecule has 0 bridgehead atoms. The number of nitrogens with zero attached hydrogens (tertiary/aromatic N) is 3. The number of halogens is 1. The fourth-order valence-corrected chi connectivity index (χ4v) is 9.71. The van der Waals surface area contributed by atoms with Crippen LogP contribution in [0.1, 0.15) is 139 Å². The van der Waals surface area contributed by atoms with E-state index >= 15 is 0 Å². The second-order valence-corrected chi connectivity index (χ2v) is 22.9. The van der Waals surface area contributed by atoms with Crippen LogP contribution in [0.3, 0.4) is 0 Å². The molecule has 3 aromatic heterocycles. The number of aryl methyl sites for hydroxylation is 1. The first-order valence-corrected chi connectivity index (χ1v) is 25.2. The van der Waals surface area contributed by atoms with E-state index in [0.717, 1.165) is 49.9 Å². The van der Waals surface area contributed by atoms with Gasteiger partial charge in [0.1, 0.15) is 5.58 Å². The molecular weight excluding hydrogens is 1070 g/mol. The Labute approximate surface area is 450 Å². The molecule has 10 aromatic rings. The first-order valence-electron chi connectivity index (χ1n) is 26.7. The maximum atomic E-state index is 14.1. The summed E-state index contributed by atoms with van der Waals surface area (Å²) in [5.74, 6) is 1.08. The molecule has 0 N–H and O–H groups in total. The number of para-hydroxylation sites is 2. The Morgan fingerprint density at radius 1 is 0.630 bits per heavy atom. The molecule has 7 aromatic carbocycles. The Bertz CT molecular complexity index is 3690. The average Bonchev–Trinajstić information content (AvgIpc) is 3.94. The summed E-state index contributed by atoms with van der Waals surface area (Å²) in [6, 6.07) is 54.8. The van der Waals surface area contributed by atoms with Crippen LogP contribution in [0.5, 0.6) is 0 Å². The Morgan fingerprint density at radius 3 is 1.89 bits per heavy atom. The van der Waals surface area contributed by atoms with Gasteiger partial charge in [0.2, 0.25) is 0 Å². The van der Waals surface area contributed by atoms with Gasteiger partial charge in [-0.3, -0.25) is 9.37 Å². The predicted molar refractivity (Wildman–Crippen MR) is 301 cm³/mol. The van der Waals surface area contributed by atoms with E-state index in [-0.39, 0.29) is 59.6 Å².